The summed E-state index contributed by atoms with van der Waals surface area (Å²) in [7, 11) is 3.78. The Hall–Kier alpha value is -3.35. The van der Waals surface area contributed by atoms with Crippen molar-refractivity contribution in [3.8, 4) is 11.3 Å². The Balaban J connectivity index is 1.67. The van der Waals surface area contributed by atoms with Gasteiger partial charge in [0, 0.05) is 36.9 Å². The molecule has 0 aliphatic rings. The van der Waals surface area contributed by atoms with E-state index in [0.29, 0.717) is 11.4 Å². The summed E-state index contributed by atoms with van der Waals surface area (Å²) in [5.41, 5.74) is 4.06. The quantitative estimate of drug-likeness (QED) is 0.531. The lowest BCUT2D eigenvalue weighted by Gasteiger charge is -2.06. The molecule has 0 bridgehead atoms. The molecule has 0 unspecified atom stereocenters. The van der Waals surface area contributed by atoms with Crippen molar-refractivity contribution in [3.63, 3.8) is 0 Å². The third-order valence-electron chi connectivity index (χ3n) is 4.58. The molecule has 0 saturated heterocycles. The van der Waals surface area contributed by atoms with Gasteiger partial charge in [-0.05, 0) is 19.1 Å². The normalized spacial score (nSPS) is 11.2. The SMILES string of the molecule is Cc1ncc(C(=O)Cc2cc3cc(-c4cncn4C)cnc3cn2)n1C. The maximum absolute atomic E-state index is 12.6. The van der Waals surface area contributed by atoms with Gasteiger partial charge in [-0.2, -0.15) is 0 Å². The zero-order valence-corrected chi connectivity index (χ0v) is 14.8. The van der Waals surface area contributed by atoms with E-state index in [1.807, 2.05) is 43.9 Å². The molecule has 0 atom stereocenters. The van der Waals surface area contributed by atoms with Crippen LogP contribution in [0.3, 0.4) is 0 Å². The van der Waals surface area contributed by atoms with Crippen molar-refractivity contribution in [1.82, 2.24) is 29.1 Å². The Labute approximate surface area is 150 Å². The van der Waals surface area contributed by atoms with Crippen LogP contribution in [-0.2, 0) is 20.5 Å². The number of Topliss-reactive ketones (excluding diaryl/α,β-unsaturated/α-hetero) is 1. The number of aryl methyl sites for hydroxylation is 2. The van der Waals surface area contributed by atoms with E-state index in [1.54, 1.807) is 29.5 Å². The Morgan fingerprint density at radius 2 is 1.88 bits per heavy atom. The van der Waals surface area contributed by atoms with Gasteiger partial charge in [-0.3, -0.25) is 14.8 Å². The average molecular weight is 346 g/mol. The van der Waals surface area contributed by atoms with Crippen molar-refractivity contribution in [1.29, 1.82) is 0 Å². The number of rotatable bonds is 4. The number of carbonyl (C=O) groups is 1. The first-order chi connectivity index (χ1) is 12.5. The number of hydrogen-bond donors (Lipinski definition) is 0. The molecule has 0 spiro atoms. The standard InChI is InChI=1S/C19H18N6O/c1-12-21-10-18(25(12)3)19(26)6-15-5-13-4-14(7-23-16(13)8-22-15)17-9-20-11-24(17)2/h4-5,7-11H,6H2,1-3H3. The second kappa shape index (κ2) is 6.18. The number of imidazole rings is 2. The predicted molar refractivity (Wildman–Crippen MR) is 97.7 cm³/mol. The number of fused-ring (bicyclic) bond motifs is 1. The fourth-order valence-corrected chi connectivity index (χ4v) is 2.96. The molecule has 4 aromatic rings. The van der Waals surface area contributed by atoms with E-state index in [4.69, 9.17) is 0 Å². The zero-order chi connectivity index (χ0) is 18.3. The van der Waals surface area contributed by atoms with Crippen LogP contribution in [0, 0.1) is 6.92 Å². The van der Waals surface area contributed by atoms with E-state index in [1.165, 1.54) is 0 Å². The van der Waals surface area contributed by atoms with Crippen LogP contribution in [-0.4, -0.2) is 34.9 Å². The molecule has 0 amide bonds. The summed E-state index contributed by atoms with van der Waals surface area (Å²) >= 11 is 0. The van der Waals surface area contributed by atoms with Gasteiger partial charge in [-0.25, -0.2) is 9.97 Å². The molecule has 4 heterocycles. The van der Waals surface area contributed by atoms with Crippen molar-refractivity contribution < 1.29 is 4.79 Å². The molecule has 130 valence electrons. The van der Waals surface area contributed by atoms with Gasteiger partial charge >= 0.3 is 0 Å². The lowest BCUT2D eigenvalue weighted by atomic mass is 10.1. The van der Waals surface area contributed by atoms with Gasteiger partial charge in [-0.15, -0.1) is 0 Å². The molecule has 0 aliphatic carbocycles. The zero-order valence-electron chi connectivity index (χ0n) is 14.8. The lowest BCUT2D eigenvalue weighted by Crippen LogP contribution is -2.10. The molecule has 7 heteroatoms. The molecule has 0 aromatic carbocycles. The summed E-state index contributed by atoms with van der Waals surface area (Å²) in [6.07, 6.45) is 8.92. The van der Waals surface area contributed by atoms with Crippen LogP contribution >= 0.6 is 0 Å². The van der Waals surface area contributed by atoms with Gasteiger partial charge in [-0.1, -0.05) is 0 Å². The molecule has 7 nitrogen and oxygen atoms in total. The van der Waals surface area contributed by atoms with E-state index < -0.39 is 0 Å². The van der Waals surface area contributed by atoms with E-state index in [0.717, 1.165) is 28.0 Å². The van der Waals surface area contributed by atoms with Gasteiger partial charge < -0.3 is 9.13 Å². The number of hydrogen-bond acceptors (Lipinski definition) is 5. The summed E-state index contributed by atoms with van der Waals surface area (Å²) in [6.45, 7) is 1.87. The van der Waals surface area contributed by atoms with Gasteiger partial charge in [0.2, 0.25) is 0 Å². The maximum atomic E-state index is 12.6. The first kappa shape index (κ1) is 16.1. The fraction of sp³-hybridized carbons (Fsp3) is 0.211. The highest BCUT2D eigenvalue weighted by molar-refractivity contribution is 5.96. The molecule has 0 saturated carbocycles. The highest BCUT2D eigenvalue weighted by Gasteiger charge is 2.14. The first-order valence-corrected chi connectivity index (χ1v) is 8.26. The smallest absolute Gasteiger partial charge is 0.186 e. The Morgan fingerprint density at radius 3 is 2.58 bits per heavy atom. The molecule has 0 aliphatic heterocycles. The highest BCUT2D eigenvalue weighted by atomic mass is 16.1. The third-order valence-corrected chi connectivity index (χ3v) is 4.58. The van der Waals surface area contributed by atoms with Crippen molar-refractivity contribution in [2.24, 2.45) is 14.1 Å². The summed E-state index contributed by atoms with van der Waals surface area (Å²) < 4.78 is 3.74. The van der Waals surface area contributed by atoms with Crippen LogP contribution in [0.25, 0.3) is 22.2 Å². The van der Waals surface area contributed by atoms with Crippen LogP contribution in [0.1, 0.15) is 22.0 Å². The van der Waals surface area contributed by atoms with Crippen molar-refractivity contribution in [2.45, 2.75) is 13.3 Å². The second-order valence-corrected chi connectivity index (χ2v) is 6.33. The largest absolute Gasteiger partial charge is 0.334 e. The van der Waals surface area contributed by atoms with Crippen molar-refractivity contribution >= 4 is 16.7 Å². The van der Waals surface area contributed by atoms with Crippen molar-refractivity contribution in [2.75, 3.05) is 0 Å². The number of pyridine rings is 2. The Bertz CT molecular complexity index is 1120. The number of ketones is 1. The average Bonchev–Trinajstić information content (AvgIpc) is 3.20. The summed E-state index contributed by atoms with van der Waals surface area (Å²) in [6, 6.07) is 3.96. The summed E-state index contributed by atoms with van der Waals surface area (Å²) in [5.74, 6) is 0.806. The molecule has 4 aromatic heterocycles. The van der Waals surface area contributed by atoms with E-state index in [2.05, 4.69) is 19.9 Å². The number of aromatic nitrogens is 6. The second-order valence-electron chi connectivity index (χ2n) is 6.33. The minimum Gasteiger partial charge on any atom is -0.334 e. The van der Waals surface area contributed by atoms with Gasteiger partial charge in [0.25, 0.3) is 0 Å². The lowest BCUT2D eigenvalue weighted by molar-refractivity contribution is 0.0984. The fourth-order valence-electron chi connectivity index (χ4n) is 2.96. The van der Waals surface area contributed by atoms with Crippen LogP contribution in [0.5, 0.6) is 0 Å². The van der Waals surface area contributed by atoms with E-state index >= 15 is 0 Å². The molecular weight excluding hydrogens is 328 g/mol. The topological polar surface area (TPSA) is 78.5 Å². The van der Waals surface area contributed by atoms with Gasteiger partial charge in [0.05, 0.1) is 42.5 Å². The third kappa shape index (κ3) is 2.77. The monoisotopic (exact) mass is 346 g/mol. The molecule has 0 fully saturated rings. The van der Waals surface area contributed by atoms with Gasteiger partial charge in [0.15, 0.2) is 5.78 Å². The van der Waals surface area contributed by atoms with Crippen LogP contribution in [0.4, 0.5) is 0 Å². The molecular formula is C19H18N6O. The Kier molecular flexibility index (Phi) is 3.84. The highest BCUT2D eigenvalue weighted by Crippen LogP contribution is 2.22. The minimum atomic E-state index is -0.00398. The van der Waals surface area contributed by atoms with E-state index in [9.17, 15) is 4.79 Å². The Morgan fingerprint density at radius 1 is 1.04 bits per heavy atom. The molecule has 4 rings (SSSR count). The summed E-state index contributed by atoms with van der Waals surface area (Å²) in [5, 5.41) is 0.947. The minimum absolute atomic E-state index is 0.00398. The molecule has 26 heavy (non-hydrogen) atoms. The predicted octanol–water partition coefficient (Wildman–Crippen LogP) is 2.50. The molecule has 0 N–H and O–H groups in total. The van der Waals surface area contributed by atoms with E-state index in [-0.39, 0.29) is 12.2 Å². The number of carbonyl (C=O) groups excluding carboxylic acids is 1. The van der Waals surface area contributed by atoms with Crippen molar-refractivity contribution in [3.05, 3.63) is 60.5 Å². The maximum Gasteiger partial charge on any atom is 0.186 e. The number of nitrogens with zero attached hydrogens (tertiary/aromatic N) is 6. The first-order valence-electron chi connectivity index (χ1n) is 8.26. The summed E-state index contributed by atoms with van der Waals surface area (Å²) in [4.78, 5) is 29.7. The molecule has 0 radical (unpaired) electrons. The van der Waals surface area contributed by atoms with Crippen LogP contribution in [0.2, 0.25) is 0 Å². The van der Waals surface area contributed by atoms with Crippen LogP contribution < -0.4 is 0 Å². The van der Waals surface area contributed by atoms with Crippen LogP contribution in [0.15, 0.2) is 43.2 Å². The van der Waals surface area contributed by atoms with Gasteiger partial charge in [0.1, 0.15) is 11.5 Å².